The van der Waals surface area contributed by atoms with Gasteiger partial charge in [-0.25, -0.2) is 4.68 Å². The summed E-state index contributed by atoms with van der Waals surface area (Å²) in [6.45, 7) is 0.206. The fourth-order valence-electron chi connectivity index (χ4n) is 1.71. The van der Waals surface area contributed by atoms with Crippen LogP contribution in [0.1, 0.15) is 16.2 Å². The quantitative estimate of drug-likeness (QED) is 0.749. The van der Waals surface area contributed by atoms with Crippen LogP contribution in [0.3, 0.4) is 0 Å². The second-order valence-corrected chi connectivity index (χ2v) is 4.37. The summed E-state index contributed by atoms with van der Waals surface area (Å²) in [4.78, 5) is 12.1. The molecule has 22 heavy (non-hydrogen) atoms. The Kier molecular flexibility index (Phi) is 3.77. The smallest absolute Gasteiger partial charge is 0.257 e. The Morgan fingerprint density at radius 3 is 3.05 bits per heavy atom. The molecule has 0 unspecified atom stereocenters. The van der Waals surface area contributed by atoms with Crippen LogP contribution in [-0.4, -0.2) is 31.3 Å². The van der Waals surface area contributed by atoms with Gasteiger partial charge in [-0.3, -0.25) is 4.79 Å². The summed E-state index contributed by atoms with van der Waals surface area (Å²) in [7, 11) is 1.72. The Bertz CT molecular complexity index is 768. The van der Waals surface area contributed by atoms with Gasteiger partial charge < -0.3 is 14.6 Å². The Morgan fingerprint density at radius 1 is 1.41 bits per heavy atom. The molecule has 3 aromatic rings. The summed E-state index contributed by atoms with van der Waals surface area (Å²) in [6.07, 6.45) is 1.38. The molecule has 0 radical (unpaired) electrons. The SMILES string of the molecule is Cn1nnnc1COc1cccc(C(=O)Nc2ccon2)c1. The maximum absolute atomic E-state index is 12.1. The maximum atomic E-state index is 12.1. The average Bonchev–Trinajstić information content (AvgIpc) is 3.17. The number of carbonyl (C=O) groups excluding carboxylic acids is 1. The molecule has 0 fully saturated rings. The lowest BCUT2D eigenvalue weighted by Crippen LogP contribution is -2.12. The van der Waals surface area contributed by atoms with E-state index in [1.807, 2.05) is 0 Å². The topological polar surface area (TPSA) is 108 Å². The number of hydrogen-bond donors (Lipinski definition) is 1. The zero-order valence-corrected chi connectivity index (χ0v) is 11.6. The minimum Gasteiger partial charge on any atom is -0.486 e. The van der Waals surface area contributed by atoms with Crippen LogP contribution >= 0.6 is 0 Å². The van der Waals surface area contributed by atoms with Crippen molar-refractivity contribution in [2.75, 3.05) is 5.32 Å². The second-order valence-electron chi connectivity index (χ2n) is 4.37. The van der Waals surface area contributed by atoms with Gasteiger partial charge >= 0.3 is 0 Å². The van der Waals surface area contributed by atoms with E-state index in [0.717, 1.165) is 0 Å². The van der Waals surface area contributed by atoms with Crippen molar-refractivity contribution in [3.05, 3.63) is 48.0 Å². The Morgan fingerprint density at radius 2 is 2.32 bits per heavy atom. The minimum absolute atomic E-state index is 0.206. The van der Waals surface area contributed by atoms with E-state index < -0.39 is 0 Å². The molecule has 112 valence electrons. The standard InChI is InChI=1S/C13H12N6O3/c1-19-12(15-17-18-19)8-21-10-4-2-3-9(7-10)13(20)14-11-5-6-22-16-11/h2-7H,8H2,1H3,(H,14,16,20). The van der Waals surface area contributed by atoms with E-state index in [-0.39, 0.29) is 12.5 Å². The van der Waals surface area contributed by atoms with Crippen LogP contribution in [0.2, 0.25) is 0 Å². The van der Waals surface area contributed by atoms with Crippen LogP contribution in [0.4, 0.5) is 5.82 Å². The van der Waals surface area contributed by atoms with Gasteiger partial charge in [0.15, 0.2) is 11.6 Å². The molecule has 0 bridgehead atoms. The Hall–Kier alpha value is -3.23. The molecule has 2 aromatic heterocycles. The van der Waals surface area contributed by atoms with Crippen molar-refractivity contribution in [2.45, 2.75) is 6.61 Å². The van der Waals surface area contributed by atoms with E-state index in [0.29, 0.717) is 23.0 Å². The van der Waals surface area contributed by atoms with E-state index in [2.05, 4.69) is 30.5 Å². The van der Waals surface area contributed by atoms with Crippen molar-refractivity contribution >= 4 is 11.7 Å². The third kappa shape index (κ3) is 3.08. The molecular formula is C13H12N6O3. The first-order chi connectivity index (χ1) is 10.7. The number of hydrogen-bond acceptors (Lipinski definition) is 7. The summed E-state index contributed by atoms with van der Waals surface area (Å²) in [6, 6.07) is 8.32. The molecule has 3 rings (SSSR count). The van der Waals surface area contributed by atoms with E-state index >= 15 is 0 Å². The van der Waals surface area contributed by atoms with Gasteiger partial charge in [0.25, 0.3) is 5.91 Å². The van der Waals surface area contributed by atoms with Gasteiger partial charge in [-0.15, -0.1) is 5.10 Å². The number of ether oxygens (including phenoxy) is 1. The highest BCUT2D eigenvalue weighted by Crippen LogP contribution is 2.15. The fourth-order valence-corrected chi connectivity index (χ4v) is 1.71. The first-order valence-corrected chi connectivity index (χ1v) is 6.38. The average molecular weight is 300 g/mol. The van der Waals surface area contributed by atoms with Gasteiger partial charge in [-0.1, -0.05) is 11.2 Å². The lowest BCUT2D eigenvalue weighted by molar-refractivity contribution is 0.102. The summed E-state index contributed by atoms with van der Waals surface area (Å²) in [5.74, 6) is 1.16. The molecule has 2 heterocycles. The molecule has 0 spiro atoms. The number of rotatable bonds is 5. The summed E-state index contributed by atoms with van der Waals surface area (Å²) in [5.41, 5.74) is 0.441. The predicted molar refractivity (Wildman–Crippen MR) is 74.0 cm³/mol. The van der Waals surface area contributed by atoms with Crippen LogP contribution in [0.25, 0.3) is 0 Å². The third-order valence-electron chi connectivity index (χ3n) is 2.85. The van der Waals surface area contributed by atoms with Gasteiger partial charge in [-0.05, 0) is 28.6 Å². The van der Waals surface area contributed by atoms with Gasteiger partial charge in [0, 0.05) is 18.7 Å². The zero-order chi connectivity index (χ0) is 15.4. The number of amides is 1. The molecule has 1 aromatic carbocycles. The maximum Gasteiger partial charge on any atom is 0.257 e. The number of anilines is 1. The Labute approximate surface area is 124 Å². The van der Waals surface area contributed by atoms with Gasteiger partial charge in [-0.2, -0.15) is 0 Å². The van der Waals surface area contributed by atoms with Crippen molar-refractivity contribution in [2.24, 2.45) is 7.05 Å². The highest BCUT2D eigenvalue weighted by Gasteiger charge is 2.09. The van der Waals surface area contributed by atoms with Gasteiger partial charge in [0.05, 0.1) is 0 Å². The van der Waals surface area contributed by atoms with Crippen LogP contribution < -0.4 is 10.1 Å². The zero-order valence-electron chi connectivity index (χ0n) is 11.6. The van der Waals surface area contributed by atoms with Gasteiger partial charge in [0.2, 0.25) is 0 Å². The molecule has 9 nitrogen and oxygen atoms in total. The summed E-state index contributed by atoms with van der Waals surface area (Å²) >= 11 is 0. The van der Waals surface area contributed by atoms with Crippen molar-refractivity contribution < 1.29 is 14.1 Å². The normalized spacial score (nSPS) is 10.4. The van der Waals surface area contributed by atoms with Crippen molar-refractivity contribution in [3.8, 4) is 5.75 Å². The third-order valence-corrected chi connectivity index (χ3v) is 2.85. The first-order valence-electron chi connectivity index (χ1n) is 6.38. The number of aryl methyl sites for hydroxylation is 1. The molecule has 9 heteroatoms. The number of carbonyl (C=O) groups is 1. The summed E-state index contributed by atoms with van der Waals surface area (Å²) in [5, 5.41) is 17.3. The molecular weight excluding hydrogens is 288 g/mol. The van der Waals surface area contributed by atoms with E-state index in [1.54, 1.807) is 37.4 Å². The highest BCUT2D eigenvalue weighted by molar-refractivity contribution is 6.03. The lowest BCUT2D eigenvalue weighted by atomic mass is 10.2. The molecule has 0 saturated heterocycles. The van der Waals surface area contributed by atoms with Crippen LogP contribution in [-0.2, 0) is 13.7 Å². The molecule has 1 amide bonds. The fraction of sp³-hybridized carbons (Fsp3) is 0.154. The van der Waals surface area contributed by atoms with Crippen LogP contribution in [0.15, 0.2) is 41.1 Å². The monoisotopic (exact) mass is 300 g/mol. The number of aromatic nitrogens is 5. The van der Waals surface area contributed by atoms with Crippen molar-refractivity contribution in [1.29, 1.82) is 0 Å². The van der Waals surface area contributed by atoms with Crippen molar-refractivity contribution in [1.82, 2.24) is 25.4 Å². The highest BCUT2D eigenvalue weighted by atomic mass is 16.5. The second kappa shape index (κ2) is 6.04. The minimum atomic E-state index is -0.306. The Balaban J connectivity index is 1.67. The number of tetrazole rings is 1. The van der Waals surface area contributed by atoms with E-state index in [1.165, 1.54) is 10.9 Å². The van der Waals surface area contributed by atoms with E-state index in [9.17, 15) is 4.79 Å². The lowest BCUT2D eigenvalue weighted by Gasteiger charge is -2.07. The number of benzene rings is 1. The number of nitrogens with one attached hydrogen (secondary N) is 1. The molecule has 0 aliphatic carbocycles. The number of nitrogens with zero attached hydrogens (tertiary/aromatic N) is 5. The molecule has 0 aliphatic rings. The molecule has 1 N–H and O–H groups in total. The molecule has 0 aliphatic heterocycles. The first kappa shape index (κ1) is 13.7. The molecule has 0 atom stereocenters. The molecule has 0 saturated carbocycles. The van der Waals surface area contributed by atoms with Gasteiger partial charge in [0.1, 0.15) is 18.6 Å². The van der Waals surface area contributed by atoms with Crippen LogP contribution in [0.5, 0.6) is 5.75 Å². The van der Waals surface area contributed by atoms with Crippen molar-refractivity contribution in [3.63, 3.8) is 0 Å². The summed E-state index contributed by atoms with van der Waals surface area (Å²) < 4.78 is 11.8. The van der Waals surface area contributed by atoms with Crippen LogP contribution in [0, 0.1) is 0 Å². The largest absolute Gasteiger partial charge is 0.486 e. The predicted octanol–water partition coefficient (Wildman–Crippen LogP) is 1.03. The van der Waals surface area contributed by atoms with E-state index in [4.69, 9.17) is 4.74 Å².